The predicted octanol–water partition coefficient (Wildman–Crippen LogP) is 3.79. The minimum absolute atomic E-state index is 0.371. The van der Waals surface area contributed by atoms with E-state index in [-0.39, 0.29) is 0 Å². The summed E-state index contributed by atoms with van der Waals surface area (Å²) in [4.78, 5) is 5.57. The lowest BCUT2D eigenvalue weighted by Crippen LogP contribution is -2.00. The molecule has 0 aliphatic heterocycles. The van der Waals surface area contributed by atoms with Crippen molar-refractivity contribution in [1.29, 1.82) is 0 Å². The quantitative estimate of drug-likeness (QED) is 0.429. The number of anilines is 1. The number of thiophene rings is 1. The molecule has 4 aromatic rings. The molecule has 0 fully saturated rings. The van der Waals surface area contributed by atoms with Crippen LogP contribution in [0.3, 0.4) is 0 Å². The van der Waals surface area contributed by atoms with Crippen LogP contribution in [0.1, 0.15) is 4.88 Å². The van der Waals surface area contributed by atoms with Crippen LogP contribution in [-0.2, 0) is 7.05 Å². The van der Waals surface area contributed by atoms with Crippen molar-refractivity contribution in [2.24, 2.45) is 12.1 Å². The van der Waals surface area contributed by atoms with Gasteiger partial charge in [-0.15, -0.1) is 21.5 Å². The van der Waals surface area contributed by atoms with Crippen molar-refractivity contribution in [2.45, 2.75) is 0 Å². The predicted molar refractivity (Wildman–Crippen MR) is 97.0 cm³/mol. The van der Waals surface area contributed by atoms with Gasteiger partial charge in [0, 0.05) is 21.8 Å². The third kappa shape index (κ3) is 2.60. The molecule has 0 spiro atoms. The lowest BCUT2D eigenvalue weighted by Gasteiger charge is -1.99. The van der Waals surface area contributed by atoms with Crippen molar-refractivity contribution >= 4 is 61.5 Å². The molecule has 1 N–H and O–H groups in total. The Balaban J connectivity index is 1.73. The first-order chi connectivity index (χ1) is 11.2. The third-order valence-electron chi connectivity index (χ3n) is 3.46. The molecule has 114 valence electrons. The van der Waals surface area contributed by atoms with Gasteiger partial charge in [-0.2, -0.15) is 10.1 Å². The lowest BCUT2D eigenvalue weighted by atomic mass is 10.2. The Hall–Kier alpha value is -2.32. The highest BCUT2D eigenvalue weighted by Crippen LogP contribution is 2.27. The van der Waals surface area contributed by atoms with Crippen molar-refractivity contribution < 1.29 is 0 Å². The number of aryl methyl sites for hydroxylation is 1. The summed E-state index contributed by atoms with van der Waals surface area (Å²) >= 11 is 5.10. The number of aromatic nitrogens is 4. The van der Waals surface area contributed by atoms with Gasteiger partial charge in [0.05, 0.1) is 11.7 Å². The van der Waals surface area contributed by atoms with Gasteiger partial charge in [0.15, 0.2) is 5.65 Å². The summed E-state index contributed by atoms with van der Waals surface area (Å²) in [5.74, 6) is 0.371. The van der Waals surface area contributed by atoms with E-state index in [9.17, 15) is 0 Å². The smallest absolute Gasteiger partial charge is 0.265 e. The summed E-state index contributed by atoms with van der Waals surface area (Å²) in [7, 11) is 1.96. The Morgan fingerprint density at radius 2 is 2.22 bits per heavy atom. The molecular weight excluding hydrogens is 376 g/mol. The van der Waals surface area contributed by atoms with Crippen LogP contribution in [0.15, 0.2) is 45.3 Å². The summed E-state index contributed by atoms with van der Waals surface area (Å²) < 4.78 is 3.00. The summed E-state index contributed by atoms with van der Waals surface area (Å²) in [6.07, 6.45) is 1.73. The van der Waals surface area contributed by atoms with E-state index in [1.165, 1.54) is 0 Å². The molecule has 0 aliphatic carbocycles. The van der Waals surface area contributed by atoms with Crippen LogP contribution >= 0.6 is 27.3 Å². The van der Waals surface area contributed by atoms with Gasteiger partial charge in [-0.1, -0.05) is 22.0 Å². The molecule has 0 saturated carbocycles. The fourth-order valence-corrected chi connectivity index (χ4v) is 3.34. The molecule has 0 atom stereocenters. The molecule has 0 unspecified atom stereocenters. The molecule has 0 aliphatic rings. The first-order valence-corrected chi connectivity index (χ1v) is 8.50. The average Bonchev–Trinajstić information content (AvgIpc) is 3.15. The summed E-state index contributed by atoms with van der Waals surface area (Å²) in [5, 5.41) is 15.6. The van der Waals surface area contributed by atoms with Crippen LogP contribution in [0.5, 0.6) is 0 Å². The van der Waals surface area contributed by atoms with E-state index in [0.717, 1.165) is 31.4 Å². The average molecular weight is 387 g/mol. The number of nitrogens with one attached hydrogen (secondary N) is 1. The van der Waals surface area contributed by atoms with E-state index in [0.29, 0.717) is 5.95 Å². The van der Waals surface area contributed by atoms with Crippen LogP contribution in [0.4, 0.5) is 5.95 Å². The third-order valence-corrected chi connectivity index (χ3v) is 4.76. The van der Waals surface area contributed by atoms with Crippen LogP contribution in [-0.4, -0.2) is 26.0 Å². The fraction of sp³-hybridized carbons (Fsp3) is 0.0667. The number of fused-ring (bicyclic) bond motifs is 3. The summed E-state index contributed by atoms with van der Waals surface area (Å²) in [6.45, 7) is 0. The number of nitrogens with zero attached hydrogens (tertiary/aromatic N) is 5. The molecule has 6 nitrogen and oxygen atoms in total. The van der Waals surface area contributed by atoms with E-state index in [1.54, 1.807) is 17.6 Å². The second-order valence-corrected chi connectivity index (χ2v) is 6.81. The van der Waals surface area contributed by atoms with E-state index < -0.39 is 0 Å². The first kappa shape index (κ1) is 14.3. The Morgan fingerprint density at radius 1 is 1.30 bits per heavy atom. The summed E-state index contributed by atoms with van der Waals surface area (Å²) in [6, 6.07) is 10.0. The normalized spacial score (nSPS) is 11.7. The van der Waals surface area contributed by atoms with Crippen LogP contribution < -0.4 is 5.43 Å². The SMILES string of the molecule is Cn1c2ccc(Br)cc2c2nnc(N/N=C/c3cccs3)nc21. The maximum Gasteiger partial charge on any atom is 0.265 e. The van der Waals surface area contributed by atoms with Crippen molar-refractivity contribution in [1.82, 2.24) is 19.7 Å². The zero-order valence-electron chi connectivity index (χ0n) is 12.1. The van der Waals surface area contributed by atoms with Gasteiger partial charge < -0.3 is 4.57 Å². The molecule has 0 bridgehead atoms. The van der Waals surface area contributed by atoms with E-state index >= 15 is 0 Å². The fourth-order valence-electron chi connectivity index (χ4n) is 2.40. The highest BCUT2D eigenvalue weighted by atomic mass is 79.9. The maximum atomic E-state index is 4.51. The number of halogens is 1. The molecule has 8 heteroatoms. The minimum atomic E-state index is 0.371. The molecular formula is C15H11BrN6S. The molecule has 0 amide bonds. The minimum Gasteiger partial charge on any atom is -0.327 e. The van der Waals surface area contributed by atoms with Crippen LogP contribution in [0.25, 0.3) is 22.1 Å². The van der Waals surface area contributed by atoms with E-state index in [2.05, 4.69) is 41.6 Å². The Bertz CT molecular complexity index is 1020. The molecule has 1 aromatic carbocycles. The van der Waals surface area contributed by atoms with Gasteiger partial charge in [0.1, 0.15) is 5.52 Å². The number of hydrogen-bond acceptors (Lipinski definition) is 6. The van der Waals surface area contributed by atoms with Gasteiger partial charge in [-0.05, 0) is 29.6 Å². The monoisotopic (exact) mass is 386 g/mol. The van der Waals surface area contributed by atoms with Crippen LogP contribution in [0, 0.1) is 0 Å². The van der Waals surface area contributed by atoms with Crippen LogP contribution in [0.2, 0.25) is 0 Å². The molecule has 23 heavy (non-hydrogen) atoms. The standard InChI is InChI=1S/C15H11BrN6S/c1-22-12-5-4-9(16)7-11(12)13-14(22)18-15(21-19-13)20-17-8-10-3-2-6-23-10/h2-8H,1H3,(H,18,20,21)/b17-8+. The second kappa shape index (κ2) is 5.71. The van der Waals surface area contributed by atoms with Gasteiger partial charge >= 0.3 is 0 Å². The molecule has 4 rings (SSSR count). The largest absolute Gasteiger partial charge is 0.327 e. The highest BCUT2D eigenvalue weighted by molar-refractivity contribution is 9.10. The number of benzene rings is 1. The first-order valence-electron chi connectivity index (χ1n) is 6.83. The van der Waals surface area contributed by atoms with Crippen molar-refractivity contribution in [2.75, 3.05) is 5.43 Å². The number of rotatable bonds is 3. The van der Waals surface area contributed by atoms with Crippen molar-refractivity contribution in [3.05, 3.63) is 45.1 Å². The Kier molecular flexibility index (Phi) is 3.55. The Morgan fingerprint density at radius 3 is 3.04 bits per heavy atom. The Labute approximate surface area is 144 Å². The lowest BCUT2D eigenvalue weighted by molar-refractivity contribution is 0.949. The molecule has 3 aromatic heterocycles. The highest BCUT2D eigenvalue weighted by Gasteiger charge is 2.12. The number of hydrazone groups is 1. The molecule has 0 saturated heterocycles. The van der Waals surface area contributed by atoms with E-state index in [4.69, 9.17) is 0 Å². The van der Waals surface area contributed by atoms with Crippen molar-refractivity contribution in [3.63, 3.8) is 0 Å². The topological polar surface area (TPSA) is 68.0 Å². The zero-order valence-corrected chi connectivity index (χ0v) is 14.5. The maximum absolute atomic E-state index is 4.51. The van der Waals surface area contributed by atoms with E-state index in [1.807, 2.05) is 47.3 Å². The van der Waals surface area contributed by atoms with Gasteiger partial charge in [0.2, 0.25) is 0 Å². The van der Waals surface area contributed by atoms with Gasteiger partial charge in [0.25, 0.3) is 5.95 Å². The molecule has 3 heterocycles. The molecule has 0 radical (unpaired) electrons. The van der Waals surface area contributed by atoms with Gasteiger partial charge in [-0.3, -0.25) is 0 Å². The summed E-state index contributed by atoms with van der Waals surface area (Å²) in [5.41, 5.74) is 5.43. The zero-order chi connectivity index (χ0) is 15.8. The van der Waals surface area contributed by atoms with Gasteiger partial charge in [-0.25, -0.2) is 5.43 Å². The second-order valence-electron chi connectivity index (χ2n) is 4.91. The van der Waals surface area contributed by atoms with Crippen molar-refractivity contribution in [3.8, 4) is 0 Å². The number of hydrogen-bond donors (Lipinski definition) is 1.